The second-order valence-corrected chi connectivity index (χ2v) is 9.36. The summed E-state index contributed by atoms with van der Waals surface area (Å²) in [6.07, 6.45) is 5.73. The number of aryl methyl sites for hydroxylation is 1. The fraction of sp³-hybridized carbons (Fsp3) is 0.667. The van der Waals surface area contributed by atoms with Crippen LogP contribution in [0.1, 0.15) is 46.0 Å². The van der Waals surface area contributed by atoms with Gasteiger partial charge in [-0.25, -0.2) is 4.98 Å². The number of fused-ring (bicyclic) bond motifs is 1. The van der Waals surface area contributed by atoms with E-state index >= 15 is 0 Å². The molecule has 3 heterocycles. The second kappa shape index (κ2) is 9.82. The van der Waals surface area contributed by atoms with E-state index in [4.69, 9.17) is 4.98 Å². The first kappa shape index (κ1) is 21.2. The summed E-state index contributed by atoms with van der Waals surface area (Å²) >= 11 is 0. The number of rotatable bonds is 8. The van der Waals surface area contributed by atoms with Crippen LogP contribution < -0.4 is 10.2 Å². The summed E-state index contributed by atoms with van der Waals surface area (Å²) in [6, 6.07) is 8.40. The third-order valence-electron chi connectivity index (χ3n) is 6.57. The third-order valence-corrected chi connectivity index (χ3v) is 6.57. The highest BCUT2D eigenvalue weighted by Crippen LogP contribution is 2.28. The number of piperidine rings is 1. The van der Waals surface area contributed by atoms with Crippen LogP contribution in [0.2, 0.25) is 0 Å². The Hall–Kier alpha value is -2.08. The standard InChI is InChI=1S/C24H37N5O/c1-19(2)11-16-29-22-10-4-3-9-21(22)26-24(29)28-15-7-8-20(18-28)23(30)25-12-17-27-13-5-6-14-27/h3-4,9-10,19-20H,5-8,11-18H2,1-2H3,(H,25,30). The molecule has 1 aromatic carbocycles. The predicted octanol–water partition coefficient (Wildman–Crippen LogP) is 3.51. The summed E-state index contributed by atoms with van der Waals surface area (Å²) < 4.78 is 2.36. The van der Waals surface area contributed by atoms with Crippen molar-refractivity contribution in [3.63, 3.8) is 0 Å². The van der Waals surface area contributed by atoms with Gasteiger partial charge in [-0.3, -0.25) is 4.79 Å². The Kier molecular flexibility index (Phi) is 6.93. The first-order valence-corrected chi connectivity index (χ1v) is 11.8. The van der Waals surface area contributed by atoms with Gasteiger partial charge in [0.05, 0.1) is 17.0 Å². The van der Waals surface area contributed by atoms with Gasteiger partial charge in [0.1, 0.15) is 0 Å². The van der Waals surface area contributed by atoms with Gasteiger partial charge in [0.15, 0.2) is 0 Å². The van der Waals surface area contributed by atoms with E-state index in [0.717, 1.165) is 63.5 Å². The number of hydrogen-bond acceptors (Lipinski definition) is 4. The zero-order valence-electron chi connectivity index (χ0n) is 18.6. The number of nitrogens with one attached hydrogen (secondary N) is 1. The first-order valence-electron chi connectivity index (χ1n) is 11.8. The minimum atomic E-state index is 0.0516. The van der Waals surface area contributed by atoms with Crippen LogP contribution in [0.15, 0.2) is 24.3 Å². The van der Waals surface area contributed by atoms with Gasteiger partial charge >= 0.3 is 0 Å². The van der Waals surface area contributed by atoms with Crippen LogP contribution in [0, 0.1) is 11.8 Å². The highest BCUT2D eigenvalue weighted by molar-refractivity contribution is 5.81. The topological polar surface area (TPSA) is 53.4 Å². The van der Waals surface area contributed by atoms with Gasteiger partial charge < -0.3 is 19.7 Å². The average molecular weight is 412 g/mol. The summed E-state index contributed by atoms with van der Waals surface area (Å²) in [5, 5.41) is 3.20. The number of carbonyl (C=O) groups is 1. The van der Waals surface area contributed by atoms with E-state index < -0.39 is 0 Å². The number of para-hydroxylation sites is 2. The lowest BCUT2D eigenvalue weighted by Crippen LogP contribution is -2.45. The molecule has 2 aliphatic heterocycles. The van der Waals surface area contributed by atoms with Gasteiger partial charge in [-0.15, -0.1) is 0 Å². The lowest BCUT2D eigenvalue weighted by molar-refractivity contribution is -0.125. The molecule has 0 bridgehead atoms. The third kappa shape index (κ3) is 4.97. The van der Waals surface area contributed by atoms with Crippen molar-refractivity contribution < 1.29 is 4.79 Å². The highest BCUT2D eigenvalue weighted by Gasteiger charge is 2.28. The number of nitrogens with zero attached hydrogens (tertiary/aromatic N) is 4. The molecule has 0 spiro atoms. The molecule has 1 unspecified atom stereocenters. The van der Waals surface area contributed by atoms with Crippen molar-refractivity contribution >= 4 is 22.9 Å². The largest absolute Gasteiger partial charge is 0.355 e. The van der Waals surface area contributed by atoms with Gasteiger partial charge in [-0.2, -0.15) is 0 Å². The number of carbonyl (C=O) groups excluding carboxylic acids is 1. The van der Waals surface area contributed by atoms with Crippen molar-refractivity contribution in [2.75, 3.05) is 44.2 Å². The van der Waals surface area contributed by atoms with Gasteiger partial charge in [0.2, 0.25) is 11.9 Å². The molecule has 1 amide bonds. The van der Waals surface area contributed by atoms with E-state index in [-0.39, 0.29) is 11.8 Å². The summed E-state index contributed by atoms with van der Waals surface area (Å²) in [6.45, 7) is 11.3. The normalized spacial score (nSPS) is 20.4. The number of anilines is 1. The van der Waals surface area contributed by atoms with Crippen LogP contribution in [0.3, 0.4) is 0 Å². The maximum Gasteiger partial charge on any atom is 0.224 e. The van der Waals surface area contributed by atoms with Gasteiger partial charge in [-0.05, 0) is 63.2 Å². The molecular formula is C24H37N5O. The Balaban J connectivity index is 1.42. The number of imidazole rings is 1. The molecule has 0 radical (unpaired) electrons. The molecule has 6 heteroatoms. The number of likely N-dealkylation sites (tertiary alicyclic amines) is 1. The molecular weight excluding hydrogens is 374 g/mol. The molecule has 30 heavy (non-hydrogen) atoms. The van der Waals surface area contributed by atoms with Gasteiger partial charge in [0.25, 0.3) is 0 Å². The smallest absolute Gasteiger partial charge is 0.224 e. The molecule has 6 nitrogen and oxygen atoms in total. The molecule has 2 aromatic rings. The maximum absolute atomic E-state index is 12.8. The lowest BCUT2D eigenvalue weighted by Gasteiger charge is -2.33. The van der Waals surface area contributed by atoms with E-state index in [1.807, 2.05) is 0 Å². The van der Waals surface area contributed by atoms with Crippen LogP contribution in [-0.2, 0) is 11.3 Å². The zero-order valence-corrected chi connectivity index (χ0v) is 18.6. The predicted molar refractivity (Wildman–Crippen MR) is 123 cm³/mol. The Bertz CT molecular complexity index is 839. The molecule has 0 aliphatic carbocycles. The van der Waals surface area contributed by atoms with Gasteiger partial charge in [-0.1, -0.05) is 26.0 Å². The fourth-order valence-corrected chi connectivity index (χ4v) is 4.77. The zero-order chi connectivity index (χ0) is 20.9. The molecule has 4 rings (SSSR count). The Labute approximate surface area is 180 Å². The average Bonchev–Trinajstić information content (AvgIpc) is 3.40. The molecule has 1 atom stereocenters. The highest BCUT2D eigenvalue weighted by atomic mass is 16.1. The first-order chi connectivity index (χ1) is 14.6. The minimum Gasteiger partial charge on any atom is -0.355 e. The Morgan fingerprint density at radius 1 is 1.13 bits per heavy atom. The molecule has 0 saturated carbocycles. The Morgan fingerprint density at radius 2 is 1.93 bits per heavy atom. The maximum atomic E-state index is 12.8. The van der Waals surface area contributed by atoms with E-state index in [1.165, 1.54) is 31.4 Å². The quantitative estimate of drug-likeness (QED) is 0.722. The van der Waals surface area contributed by atoms with Crippen molar-refractivity contribution in [2.24, 2.45) is 11.8 Å². The molecule has 2 aliphatic rings. The molecule has 1 aromatic heterocycles. The summed E-state index contributed by atoms with van der Waals surface area (Å²) in [5.41, 5.74) is 2.25. The van der Waals surface area contributed by atoms with Crippen LogP contribution in [-0.4, -0.2) is 59.6 Å². The van der Waals surface area contributed by atoms with Crippen molar-refractivity contribution in [1.82, 2.24) is 19.8 Å². The van der Waals surface area contributed by atoms with Crippen LogP contribution in [0.25, 0.3) is 11.0 Å². The van der Waals surface area contributed by atoms with E-state index in [0.29, 0.717) is 5.92 Å². The summed E-state index contributed by atoms with van der Waals surface area (Å²) in [5.74, 6) is 1.94. The molecule has 2 saturated heterocycles. The van der Waals surface area contributed by atoms with E-state index in [9.17, 15) is 4.79 Å². The van der Waals surface area contributed by atoms with Gasteiger partial charge in [0, 0.05) is 32.7 Å². The van der Waals surface area contributed by atoms with Crippen molar-refractivity contribution in [3.05, 3.63) is 24.3 Å². The van der Waals surface area contributed by atoms with Crippen LogP contribution in [0.4, 0.5) is 5.95 Å². The van der Waals surface area contributed by atoms with Crippen molar-refractivity contribution in [1.29, 1.82) is 0 Å². The summed E-state index contributed by atoms with van der Waals surface area (Å²) in [7, 11) is 0. The molecule has 1 N–H and O–H groups in total. The van der Waals surface area contributed by atoms with Crippen molar-refractivity contribution in [2.45, 2.75) is 52.5 Å². The number of hydrogen-bond donors (Lipinski definition) is 1. The van der Waals surface area contributed by atoms with E-state index in [1.54, 1.807) is 0 Å². The minimum absolute atomic E-state index is 0.0516. The molecule has 164 valence electrons. The van der Waals surface area contributed by atoms with Crippen LogP contribution >= 0.6 is 0 Å². The van der Waals surface area contributed by atoms with E-state index in [2.05, 4.69) is 57.8 Å². The van der Waals surface area contributed by atoms with Crippen molar-refractivity contribution in [3.8, 4) is 0 Å². The Morgan fingerprint density at radius 3 is 2.73 bits per heavy atom. The van der Waals surface area contributed by atoms with Crippen LogP contribution in [0.5, 0.6) is 0 Å². The number of aromatic nitrogens is 2. The number of benzene rings is 1. The second-order valence-electron chi connectivity index (χ2n) is 9.36. The SMILES string of the molecule is CC(C)CCn1c(N2CCCC(C(=O)NCCN3CCCC3)C2)nc2ccccc21. The fourth-order valence-electron chi connectivity index (χ4n) is 4.77. The summed E-state index contributed by atoms with van der Waals surface area (Å²) in [4.78, 5) is 22.6. The lowest BCUT2D eigenvalue weighted by atomic mass is 9.97. The molecule has 2 fully saturated rings. The number of amides is 1. The monoisotopic (exact) mass is 411 g/mol.